The number of hydrogen-bond donors (Lipinski definition) is 1. The van der Waals surface area contributed by atoms with Gasteiger partial charge in [0.2, 0.25) is 5.91 Å². The van der Waals surface area contributed by atoms with E-state index in [0.717, 1.165) is 19.3 Å². The zero-order valence-electron chi connectivity index (χ0n) is 10.8. The van der Waals surface area contributed by atoms with Crippen molar-refractivity contribution in [1.29, 1.82) is 0 Å². The number of hydrogen-bond acceptors (Lipinski definition) is 3. The molecule has 1 aliphatic rings. The van der Waals surface area contributed by atoms with Gasteiger partial charge in [0.1, 0.15) is 17.3 Å². The maximum Gasteiger partial charge on any atom is 0.228 e. The molecule has 0 saturated heterocycles. The molecule has 0 aliphatic heterocycles. The van der Waals surface area contributed by atoms with E-state index in [-0.39, 0.29) is 11.8 Å². The fourth-order valence-electron chi connectivity index (χ4n) is 2.55. The van der Waals surface area contributed by atoms with Gasteiger partial charge < -0.3 is 5.32 Å². The third-order valence-corrected chi connectivity index (χ3v) is 3.81. The van der Waals surface area contributed by atoms with E-state index in [9.17, 15) is 4.79 Å². The number of aryl methyl sites for hydroxylation is 1. The zero-order chi connectivity index (χ0) is 13.9. The minimum absolute atomic E-state index is 0.00531. The van der Waals surface area contributed by atoms with E-state index >= 15 is 0 Å². The lowest BCUT2D eigenvalue weighted by molar-refractivity contribution is -0.120. The van der Waals surface area contributed by atoms with E-state index in [4.69, 9.17) is 11.6 Å². The van der Waals surface area contributed by atoms with Crippen LogP contribution >= 0.6 is 11.6 Å². The molecule has 3 rings (SSSR count). The molecule has 20 heavy (non-hydrogen) atoms. The summed E-state index contributed by atoms with van der Waals surface area (Å²) in [5.74, 6) is 0.432. The van der Waals surface area contributed by atoms with Crippen LogP contribution in [0.2, 0.25) is 5.15 Å². The standard InChI is InChI=1S/C15H14ClN3O/c16-13-8-14(18-9-17-13)19-15(20)12-6-5-10-3-1-2-4-11(10)7-12/h1-4,8-9,12H,5-7H2,(H,17,18,19,20). The van der Waals surface area contributed by atoms with E-state index in [1.807, 2.05) is 12.1 Å². The predicted octanol–water partition coefficient (Wildman–Crippen LogP) is 2.87. The number of rotatable bonds is 2. The fourth-order valence-corrected chi connectivity index (χ4v) is 2.70. The summed E-state index contributed by atoms with van der Waals surface area (Å²) in [5, 5.41) is 3.13. The number of carbonyl (C=O) groups excluding carboxylic acids is 1. The van der Waals surface area contributed by atoms with Crippen LogP contribution in [0.5, 0.6) is 0 Å². The Hall–Kier alpha value is -1.94. The number of nitrogens with zero attached hydrogens (tertiary/aromatic N) is 2. The molecule has 1 N–H and O–H groups in total. The highest BCUT2D eigenvalue weighted by atomic mass is 35.5. The second-order valence-electron chi connectivity index (χ2n) is 4.92. The highest BCUT2D eigenvalue weighted by Crippen LogP contribution is 2.26. The normalized spacial score (nSPS) is 17.4. The van der Waals surface area contributed by atoms with E-state index < -0.39 is 0 Å². The molecule has 0 saturated carbocycles. The first-order valence-electron chi connectivity index (χ1n) is 6.57. The first-order valence-corrected chi connectivity index (χ1v) is 6.95. The first kappa shape index (κ1) is 13.1. The fraction of sp³-hybridized carbons (Fsp3) is 0.267. The third kappa shape index (κ3) is 2.80. The summed E-state index contributed by atoms with van der Waals surface area (Å²) in [6, 6.07) is 9.84. The molecule has 1 atom stereocenters. The van der Waals surface area contributed by atoms with E-state index in [1.165, 1.54) is 17.5 Å². The Labute approximate surface area is 122 Å². The van der Waals surface area contributed by atoms with E-state index in [2.05, 4.69) is 27.4 Å². The van der Waals surface area contributed by atoms with Crippen LogP contribution in [-0.4, -0.2) is 15.9 Å². The van der Waals surface area contributed by atoms with Gasteiger partial charge in [-0.25, -0.2) is 9.97 Å². The predicted molar refractivity (Wildman–Crippen MR) is 77.6 cm³/mol. The Morgan fingerprint density at radius 3 is 2.85 bits per heavy atom. The number of benzene rings is 1. The average molecular weight is 288 g/mol. The van der Waals surface area contributed by atoms with Crippen molar-refractivity contribution in [3.05, 3.63) is 52.9 Å². The molecule has 0 fully saturated rings. The van der Waals surface area contributed by atoms with Gasteiger partial charge in [-0.2, -0.15) is 0 Å². The number of halogens is 1. The van der Waals surface area contributed by atoms with Gasteiger partial charge in [-0.3, -0.25) is 4.79 Å². The van der Waals surface area contributed by atoms with Gasteiger partial charge in [0, 0.05) is 12.0 Å². The van der Waals surface area contributed by atoms with Gasteiger partial charge in [0.25, 0.3) is 0 Å². The molecule has 0 radical (unpaired) electrons. The van der Waals surface area contributed by atoms with Crippen molar-refractivity contribution < 1.29 is 4.79 Å². The zero-order valence-corrected chi connectivity index (χ0v) is 11.6. The molecule has 1 aromatic heterocycles. The summed E-state index contributed by atoms with van der Waals surface area (Å²) in [4.78, 5) is 20.1. The molecule has 1 unspecified atom stereocenters. The number of amides is 1. The van der Waals surface area contributed by atoms with E-state index in [0.29, 0.717) is 11.0 Å². The van der Waals surface area contributed by atoms with Gasteiger partial charge in [0.05, 0.1) is 0 Å². The number of anilines is 1. The maximum atomic E-state index is 12.3. The molecule has 0 spiro atoms. The minimum atomic E-state index is -0.0151. The van der Waals surface area contributed by atoms with Crippen LogP contribution in [0, 0.1) is 5.92 Å². The summed E-state index contributed by atoms with van der Waals surface area (Å²) < 4.78 is 0. The molecule has 5 heteroatoms. The van der Waals surface area contributed by atoms with Crippen LogP contribution in [0.1, 0.15) is 17.5 Å². The molecule has 1 amide bonds. The van der Waals surface area contributed by atoms with Crippen LogP contribution in [0.3, 0.4) is 0 Å². The molecule has 2 aromatic rings. The van der Waals surface area contributed by atoms with Crippen LogP contribution in [0.4, 0.5) is 5.82 Å². The van der Waals surface area contributed by atoms with Crippen molar-refractivity contribution >= 4 is 23.3 Å². The SMILES string of the molecule is O=C(Nc1cc(Cl)ncn1)C1CCc2ccccc2C1. The van der Waals surface area contributed by atoms with Gasteiger partial charge in [-0.15, -0.1) is 0 Å². The highest BCUT2D eigenvalue weighted by Gasteiger charge is 2.24. The quantitative estimate of drug-likeness (QED) is 0.864. The number of fused-ring (bicyclic) bond motifs is 1. The highest BCUT2D eigenvalue weighted by molar-refractivity contribution is 6.29. The molecular weight excluding hydrogens is 274 g/mol. The average Bonchev–Trinajstić information content (AvgIpc) is 2.47. The summed E-state index contributed by atoms with van der Waals surface area (Å²) in [6.07, 6.45) is 3.93. The topological polar surface area (TPSA) is 54.9 Å². The number of aromatic nitrogens is 2. The summed E-state index contributed by atoms with van der Waals surface area (Å²) >= 11 is 5.78. The van der Waals surface area contributed by atoms with Gasteiger partial charge in [0.15, 0.2) is 0 Å². The molecule has 1 aromatic carbocycles. The molecule has 102 valence electrons. The van der Waals surface area contributed by atoms with Crippen molar-refractivity contribution in [1.82, 2.24) is 9.97 Å². The molecule has 0 bridgehead atoms. The van der Waals surface area contributed by atoms with E-state index in [1.54, 1.807) is 6.07 Å². The molecular formula is C15H14ClN3O. The summed E-state index contributed by atoms with van der Waals surface area (Å²) in [6.45, 7) is 0. The van der Waals surface area contributed by atoms with Crippen LogP contribution in [-0.2, 0) is 17.6 Å². The van der Waals surface area contributed by atoms with Gasteiger partial charge in [-0.1, -0.05) is 35.9 Å². The van der Waals surface area contributed by atoms with Crippen molar-refractivity contribution in [3.63, 3.8) is 0 Å². The van der Waals surface area contributed by atoms with Crippen molar-refractivity contribution in [3.8, 4) is 0 Å². The Morgan fingerprint density at radius 2 is 2.05 bits per heavy atom. The lowest BCUT2D eigenvalue weighted by Gasteiger charge is -2.23. The van der Waals surface area contributed by atoms with Crippen molar-refractivity contribution in [2.75, 3.05) is 5.32 Å². The smallest absolute Gasteiger partial charge is 0.228 e. The molecule has 1 heterocycles. The molecule has 1 aliphatic carbocycles. The first-order chi connectivity index (χ1) is 9.72. The number of nitrogens with one attached hydrogen (secondary N) is 1. The second-order valence-corrected chi connectivity index (χ2v) is 5.31. The van der Waals surface area contributed by atoms with Crippen molar-refractivity contribution in [2.45, 2.75) is 19.3 Å². The number of carbonyl (C=O) groups is 1. The van der Waals surface area contributed by atoms with Gasteiger partial charge in [-0.05, 0) is 30.4 Å². The van der Waals surface area contributed by atoms with Crippen LogP contribution < -0.4 is 5.32 Å². The lowest BCUT2D eigenvalue weighted by atomic mass is 9.83. The monoisotopic (exact) mass is 287 g/mol. The summed E-state index contributed by atoms with van der Waals surface area (Å²) in [7, 11) is 0. The van der Waals surface area contributed by atoms with Crippen LogP contribution in [0.25, 0.3) is 0 Å². The lowest BCUT2D eigenvalue weighted by Crippen LogP contribution is -2.28. The largest absolute Gasteiger partial charge is 0.310 e. The Kier molecular flexibility index (Phi) is 3.65. The molecule has 4 nitrogen and oxygen atoms in total. The third-order valence-electron chi connectivity index (χ3n) is 3.60. The Bertz CT molecular complexity index is 645. The minimum Gasteiger partial charge on any atom is -0.310 e. The van der Waals surface area contributed by atoms with Crippen molar-refractivity contribution in [2.24, 2.45) is 5.92 Å². The Morgan fingerprint density at radius 1 is 1.25 bits per heavy atom. The summed E-state index contributed by atoms with van der Waals surface area (Å²) in [5.41, 5.74) is 2.61. The van der Waals surface area contributed by atoms with Crippen LogP contribution in [0.15, 0.2) is 36.7 Å². The van der Waals surface area contributed by atoms with Gasteiger partial charge >= 0.3 is 0 Å². The second kappa shape index (κ2) is 5.59. The Balaban J connectivity index is 1.70. The maximum absolute atomic E-state index is 12.3.